The summed E-state index contributed by atoms with van der Waals surface area (Å²) in [5, 5.41) is 0. The fourth-order valence-corrected chi connectivity index (χ4v) is 3.73. The van der Waals surface area contributed by atoms with E-state index in [2.05, 4.69) is 14.6 Å². The Morgan fingerprint density at radius 2 is 1.73 bits per heavy atom. The van der Waals surface area contributed by atoms with Crippen molar-refractivity contribution in [3.63, 3.8) is 0 Å². The van der Waals surface area contributed by atoms with Gasteiger partial charge >= 0.3 is 0 Å². The first-order valence-electron chi connectivity index (χ1n) is 7.94. The van der Waals surface area contributed by atoms with Crippen molar-refractivity contribution in [1.82, 2.24) is 4.98 Å². The van der Waals surface area contributed by atoms with E-state index in [1.807, 2.05) is 19.1 Å². The SMILES string of the molecule is [C-]#[N+]c1ccc(-c2ccc(S(=O)(=O)Nc3cccc(C)n3)cc2C)cc1. The van der Waals surface area contributed by atoms with E-state index in [1.165, 1.54) is 0 Å². The molecule has 3 rings (SSSR count). The molecule has 26 heavy (non-hydrogen) atoms. The number of nitrogens with zero attached hydrogens (tertiary/aromatic N) is 2. The first kappa shape index (κ1) is 17.6. The third kappa shape index (κ3) is 3.73. The van der Waals surface area contributed by atoms with Gasteiger partial charge in [-0.2, -0.15) is 0 Å². The maximum absolute atomic E-state index is 12.6. The lowest BCUT2D eigenvalue weighted by atomic mass is 10.0. The quantitative estimate of drug-likeness (QED) is 0.682. The normalized spacial score (nSPS) is 11.0. The topological polar surface area (TPSA) is 63.4 Å². The van der Waals surface area contributed by atoms with Gasteiger partial charge in [0.05, 0.1) is 11.5 Å². The predicted octanol–water partition coefficient (Wildman–Crippen LogP) is 4.72. The Balaban J connectivity index is 1.92. The summed E-state index contributed by atoms with van der Waals surface area (Å²) >= 11 is 0. The van der Waals surface area contributed by atoms with Gasteiger partial charge in [0.25, 0.3) is 10.0 Å². The van der Waals surface area contributed by atoms with Crippen LogP contribution in [0.2, 0.25) is 0 Å². The summed E-state index contributed by atoms with van der Waals surface area (Å²) < 4.78 is 27.7. The van der Waals surface area contributed by atoms with Crippen LogP contribution in [0.3, 0.4) is 0 Å². The third-order valence-corrected chi connectivity index (χ3v) is 5.30. The van der Waals surface area contributed by atoms with Gasteiger partial charge in [-0.1, -0.05) is 36.4 Å². The molecule has 0 saturated heterocycles. The molecule has 2 aromatic carbocycles. The number of hydrogen-bond donors (Lipinski definition) is 1. The summed E-state index contributed by atoms with van der Waals surface area (Å²) in [6.45, 7) is 10.7. The lowest BCUT2D eigenvalue weighted by molar-refractivity contribution is 0.601. The number of rotatable bonds is 4. The number of nitrogens with one attached hydrogen (secondary N) is 1. The van der Waals surface area contributed by atoms with Gasteiger partial charge in [-0.15, -0.1) is 0 Å². The van der Waals surface area contributed by atoms with Gasteiger partial charge in [-0.3, -0.25) is 4.72 Å². The summed E-state index contributed by atoms with van der Waals surface area (Å²) in [7, 11) is -3.71. The van der Waals surface area contributed by atoms with Crippen molar-refractivity contribution in [3.05, 3.63) is 83.3 Å². The minimum atomic E-state index is -3.71. The van der Waals surface area contributed by atoms with Crippen molar-refractivity contribution < 1.29 is 8.42 Å². The van der Waals surface area contributed by atoms with Gasteiger partial charge in [0.2, 0.25) is 0 Å². The molecule has 0 spiro atoms. The molecular formula is C20H17N3O2S. The molecule has 0 unspecified atom stereocenters. The van der Waals surface area contributed by atoms with Crippen LogP contribution in [0.1, 0.15) is 11.3 Å². The predicted molar refractivity (Wildman–Crippen MR) is 103 cm³/mol. The lowest BCUT2D eigenvalue weighted by Gasteiger charge is -2.11. The zero-order chi connectivity index (χ0) is 18.7. The van der Waals surface area contributed by atoms with Gasteiger partial charge in [-0.05, 0) is 54.8 Å². The van der Waals surface area contributed by atoms with Crippen LogP contribution in [0, 0.1) is 20.4 Å². The first-order chi connectivity index (χ1) is 12.4. The van der Waals surface area contributed by atoms with Crippen LogP contribution in [-0.4, -0.2) is 13.4 Å². The lowest BCUT2D eigenvalue weighted by Crippen LogP contribution is -2.14. The molecule has 0 aliphatic carbocycles. The van der Waals surface area contributed by atoms with E-state index < -0.39 is 10.0 Å². The minimum Gasteiger partial charge on any atom is -0.263 e. The molecule has 0 aliphatic heterocycles. The minimum absolute atomic E-state index is 0.180. The number of pyridine rings is 1. The second-order valence-electron chi connectivity index (χ2n) is 5.91. The van der Waals surface area contributed by atoms with E-state index in [0.29, 0.717) is 11.5 Å². The first-order valence-corrected chi connectivity index (χ1v) is 9.42. The Morgan fingerprint density at radius 1 is 1.00 bits per heavy atom. The number of aryl methyl sites for hydroxylation is 2. The number of hydrogen-bond acceptors (Lipinski definition) is 3. The van der Waals surface area contributed by atoms with Crippen molar-refractivity contribution in [1.29, 1.82) is 0 Å². The molecule has 3 aromatic rings. The van der Waals surface area contributed by atoms with Crippen molar-refractivity contribution in [2.75, 3.05) is 4.72 Å². The maximum atomic E-state index is 12.6. The van der Waals surface area contributed by atoms with E-state index in [0.717, 1.165) is 22.4 Å². The Morgan fingerprint density at radius 3 is 2.35 bits per heavy atom. The molecule has 0 saturated carbocycles. The fraction of sp³-hybridized carbons (Fsp3) is 0.100. The maximum Gasteiger partial charge on any atom is 0.263 e. The van der Waals surface area contributed by atoms with Crippen molar-refractivity contribution in [2.24, 2.45) is 0 Å². The van der Waals surface area contributed by atoms with Crippen molar-refractivity contribution in [2.45, 2.75) is 18.7 Å². The van der Waals surface area contributed by atoms with Gasteiger partial charge in [0.1, 0.15) is 5.82 Å². The van der Waals surface area contributed by atoms with Crippen LogP contribution in [0.15, 0.2) is 65.6 Å². The molecular weight excluding hydrogens is 346 g/mol. The van der Waals surface area contributed by atoms with Crippen molar-refractivity contribution in [3.8, 4) is 11.1 Å². The molecule has 0 bridgehead atoms. The Bertz CT molecular complexity index is 1100. The molecule has 130 valence electrons. The zero-order valence-corrected chi connectivity index (χ0v) is 15.2. The highest BCUT2D eigenvalue weighted by Gasteiger charge is 2.16. The highest BCUT2D eigenvalue weighted by atomic mass is 32.2. The highest BCUT2D eigenvalue weighted by molar-refractivity contribution is 7.92. The smallest absolute Gasteiger partial charge is 0.263 e. The van der Waals surface area contributed by atoms with E-state index in [-0.39, 0.29) is 4.90 Å². The number of benzene rings is 2. The highest BCUT2D eigenvalue weighted by Crippen LogP contribution is 2.28. The molecule has 0 aliphatic rings. The summed E-state index contributed by atoms with van der Waals surface area (Å²) in [5.41, 5.74) is 4.00. The molecule has 0 fully saturated rings. The van der Waals surface area contributed by atoms with Crippen LogP contribution in [-0.2, 0) is 10.0 Å². The van der Waals surface area contributed by atoms with E-state index >= 15 is 0 Å². The standard InChI is InChI=1S/C20H17N3O2S/c1-14-13-18(26(24,25)23-20-6-4-5-15(2)22-20)11-12-19(14)16-7-9-17(21-3)10-8-16/h4-13H,1-2H3,(H,22,23). The summed E-state index contributed by atoms with van der Waals surface area (Å²) in [4.78, 5) is 7.73. The Labute approximate surface area is 153 Å². The van der Waals surface area contributed by atoms with Crippen molar-refractivity contribution >= 4 is 21.5 Å². The van der Waals surface area contributed by atoms with E-state index in [9.17, 15) is 8.42 Å². The van der Waals surface area contributed by atoms with Gasteiger partial charge in [0.15, 0.2) is 5.69 Å². The van der Waals surface area contributed by atoms with Gasteiger partial charge < -0.3 is 0 Å². The molecule has 1 heterocycles. The second-order valence-corrected chi connectivity index (χ2v) is 7.59. The molecule has 0 amide bonds. The summed E-state index contributed by atoms with van der Waals surface area (Å²) in [6.07, 6.45) is 0. The number of anilines is 1. The largest absolute Gasteiger partial charge is 0.263 e. The Kier molecular flexibility index (Phi) is 4.74. The number of aromatic nitrogens is 1. The molecule has 0 atom stereocenters. The summed E-state index contributed by atoms with van der Waals surface area (Å²) in [5.74, 6) is 0.293. The second kappa shape index (κ2) is 6.98. The average molecular weight is 363 g/mol. The van der Waals surface area contributed by atoms with E-state index in [4.69, 9.17) is 6.57 Å². The molecule has 0 radical (unpaired) electrons. The average Bonchev–Trinajstić information content (AvgIpc) is 2.61. The molecule has 1 N–H and O–H groups in total. The van der Waals surface area contributed by atoms with E-state index in [1.54, 1.807) is 55.5 Å². The van der Waals surface area contributed by atoms with Crippen LogP contribution >= 0.6 is 0 Å². The zero-order valence-electron chi connectivity index (χ0n) is 14.4. The van der Waals surface area contributed by atoms with Crippen LogP contribution in [0.25, 0.3) is 16.0 Å². The molecule has 6 heteroatoms. The summed E-state index contributed by atoms with van der Waals surface area (Å²) in [6, 6.07) is 17.4. The number of sulfonamides is 1. The Hall–Kier alpha value is -3.17. The molecule has 1 aromatic heterocycles. The van der Waals surface area contributed by atoms with Crippen LogP contribution in [0.4, 0.5) is 11.5 Å². The molecule has 5 nitrogen and oxygen atoms in total. The van der Waals surface area contributed by atoms with Crippen LogP contribution < -0.4 is 4.72 Å². The van der Waals surface area contributed by atoms with Crippen LogP contribution in [0.5, 0.6) is 0 Å². The monoisotopic (exact) mass is 363 g/mol. The third-order valence-electron chi connectivity index (χ3n) is 3.94. The fourth-order valence-electron chi connectivity index (χ4n) is 2.64. The van der Waals surface area contributed by atoms with Gasteiger partial charge in [0, 0.05) is 5.69 Å². The van der Waals surface area contributed by atoms with Gasteiger partial charge in [-0.25, -0.2) is 18.2 Å².